The summed E-state index contributed by atoms with van der Waals surface area (Å²) < 4.78 is 19.7. The zero-order valence-electron chi connectivity index (χ0n) is 16.2. The van der Waals surface area contributed by atoms with Crippen LogP contribution in [0.1, 0.15) is 29.7 Å². The summed E-state index contributed by atoms with van der Waals surface area (Å²) in [4.78, 5) is 52.7. The molecule has 2 heterocycles. The van der Waals surface area contributed by atoms with Crippen molar-refractivity contribution in [3.63, 3.8) is 0 Å². The van der Waals surface area contributed by atoms with Crippen LogP contribution in [0.15, 0.2) is 29.6 Å². The van der Waals surface area contributed by atoms with Gasteiger partial charge in [0.05, 0.1) is 27.8 Å². The molecule has 3 rings (SSSR count). The molecule has 0 atom stereocenters. The number of amides is 3. The van der Waals surface area contributed by atoms with E-state index in [1.165, 1.54) is 0 Å². The van der Waals surface area contributed by atoms with E-state index in [1.807, 2.05) is 0 Å². The first-order chi connectivity index (χ1) is 15.2. The third kappa shape index (κ3) is 4.86. The molecule has 13 heteroatoms. The summed E-state index contributed by atoms with van der Waals surface area (Å²) in [5.74, 6) is -2.64. The number of thiophene rings is 1. The fraction of sp³-hybridized carbons (Fsp3) is 0.211. The zero-order valence-corrected chi connectivity index (χ0v) is 17.8. The van der Waals surface area contributed by atoms with Gasteiger partial charge in [-0.05, 0) is 36.4 Å². The molecule has 1 aliphatic rings. The minimum Gasteiger partial charge on any atom is -0.424 e. The van der Waals surface area contributed by atoms with Gasteiger partial charge in [-0.2, -0.15) is 0 Å². The number of ether oxygens (including phenoxy) is 1. The molecule has 0 saturated carbocycles. The predicted molar refractivity (Wildman–Crippen MR) is 113 cm³/mol. The molecule has 2 N–H and O–H groups in total. The van der Waals surface area contributed by atoms with Crippen molar-refractivity contribution in [2.24, 2.45) is 5.73 Å². The normalized spacial score (nSPS) is 14.2. The summed E-state index contributed by atoms with van der Waals surface area (Å²) in [6, 6.07) is 4.17. The highest BCUT2D eigenvalue weighted by Gasteiger charge is 2.40. The lowest BCUT2D eigenvalue weighted by Gasteiger charge is -2.12. The summed E-state index contributed by atoms with van der Waals surface area (Å²) in [6.45, 7) is -0.182. The van der Waals surface area contributed by atoms with Crippen LogP contribution in [0.3, 0.4) is 0 Å². The quantitative estimate of drug-likeness (QED) is 0.150. The summed E-state index contributed by atoms with van der Waals surface area (Å²) in [7, 11) is 0. The maximum absolute atomic E-state index is 14.2. The number of carbonyl (C=O) groups is 3. The summed E-state index contributed by atoms with van der Waals surface area (Å²) >= 11 is 6.96. The Morgan fingerprint density at radius 3 is 2.69 bits per heavy atom. The Hall–Kier alpha value is -3.51. The molecular weight excluding hydrogens is 469 g/mol. The van der Waals surface area contributed by atoms with Gasteiger partial charge >= 0.3 is 12.0 Å². The highest BCUT2D eigenvalue weighted by atomic mass is 35.5. The van der Waals surface area contributed by atoms with E-state index in [0.717, 1.165) is 23.5 Å². The summed E-state index contributed by atoms with van der Waals surface area (Å²) in [5, 5.41) is 10.6. The molecule has 2 aromatic rings. The van der Waals surface area contributed by atoms with Crippen molar-refractivity contribution in [1.82, 2.24) is 0 Å². The lowest BCUT2D eigenvalue weighted by molar-refractivity contribution is -0.757. The largest absolute Gasteiger partial charge is 0.424 e. The third-order valence-corrected chi connectivity index (χ3v) is 5.50. The minimum atomic E-state index is -1.11. The number of carbonyl (C=O) groups excluding carboxylic acids is 3. The monoisotopic (exact) mass is 483 g/mol. The second-order valence-corrected chi connectivity index (χ2v) is 7.79. The number of benzene rings is 1. The number of esters is 1. The number of rotatable bonds is 8. The second kappa shape index (κ2) is 9.75. The molecule has 0 radical (unpaired) electrons. The van der Waals surface area contributed by atoms with Crippen LogP contribution < -0.4 is 10.6 Å². The Morgan fingerprint density at radius 1 is 1.31 bits per heavy atom. The number of hydrogen-bond acceptors (Lipinski definition) is 8. The van der Waals surface area contributed by atoms with Gasteiger partial charge < -0.3 is 15.3 Å². The lowest BCUT2D eigenvalue weighted by Crippen LogP contribution is -2.38. The van der Waals surface area contributed by atoms with Gasteiger partial charge in [-0.3, -0.25) is 9.59 Å². The SMILES string of the molecule is NC(=O)N1C(=O)/C(=C(\OC(=O)CCCCO[N+](=O)[O-])c2cccs2)c2cc(F)c(Cl)cc21. The van der Waals surface area contributed by atoms with Crippen molar-refractivity contribution < 1.29 is 33.4 Å². The van der Waals surface area contributed by atoms with Gasteiger partial charge in [-0.1, -0.05) is 17.7 Å². The van der Waals surface area contributed by atoms with Gasteiger partial charge in [0.2, 0.25) is 0 Å². The Morgan fingerprint density at radius 2 is 2.06 bits per heavy atom. The topological polar surface area (TPSA) is 142 Å². The fourth-order valence-electron chi connectivity index (χ4n) is 3.00. The van der Waals surface area contributed by atoms with Crippen molar-refractivity contribution in [2.45, 2.75) is 19.3 Å². The number of fused-ring (bicyclic) bond motifs is 1. The number of nitrogens with two attached hydrogens (primary N) is 1. The van der Waals surface area contributed by atoms with Crippen LogP contribution in [0.25, 0.3) is 11.3 Å². The molecule has 10 nitrogen and oxygen atoms in total. The van der Waals surface area contributed by atoms with Gasteiger partial charge in [0, 0.05) is 12.0 Å². The number of primary amides is 1. The van der Waals surface area contributed by atoms with E-state index in [1.54, 1.807) is 17.5 Å². The van der Waals surface area contributed by atoms with Crippen LogP contribution >= 0.6 is 22.9 Å². The number of halogens is 2. The third-order valence-electron chi connectivity index (χ3n) is 4.35. The average molecular weight is 484 g/mol. The van der Waals surface area contributed by atoms with E-state index >= 15 is 0 Å². The number of imide groups is 1. The van der Waals surface area contributed by atoms with Crippen LogP contribution in [0.4, 0.5) is 14.9 Å². The zero-order chi connectivity index (χ0) is 23.4. The van der Waals surface area contributed by atoms with Crippen LogP contribution in [0.5, 0.6) is 0 Å². The van der Waals surface area contributed by atoms with Gasteiger partial charge in [0.15, 0.2) is 5.76 Å². The van der Waals surface area contributed by atoms with Gasteiger partial charge in [0.1, 0.15) is 5.82 Å². The van der Waals surface area contributed by atoms with E-state index in [2.05, 4.69) is 4.84 Å². The van der Waals surface area contributed by atoms with Crippen molar-refractivity contribution >= 4 is 57.9 Å². The van der Waals surface area contributed by atoms with Crippen molar-refractivity contribution in [1.29, 1.82) is 0 Å². The summed E-state index contributed by atoms with van der Waals surface area (Å²) in [6.07, 6.45) is 0.322. The molecule has 1 aromatic heterocycles. The maximum atomic E-state index is 14.2. The van der Waals surface area contributed by atoms with Crippen LogP contribution in [0.2, 0.25) is 5.02 Å². The number of hydrogen-bond donors (Lipinski definition) is 1. The molecule has 1 aliphatic heterocycles. The van der Waals surface area contributed by atoms with Crippen LogP contribution in [0, 0.1) is 15.9 Å². The highest BCUT2D eigenvalue weighted by Crippen LogP contribution is 2.44. The number of unbranched alkanes of at least 4 members (excludes halogenated alkanes) is 1. The molecule has 0 fully saturated rings. The summed E-state index contributed by atoms with van der Waals surface area (Å²) in [5.41, 5.74) is 5.07. The molecule has 0 spiro atoms. The van der Waals surface area contributed by atoms with Crippen LogP contribution in [-0.4, -0.2) is 29.6 Å². The van der Waals surface area contributed by atoms with E-state index < -0.39 is 28.8 Å². The molecular formula is C19H15ClFN3O7S. The Bertz CT molecular complexity index is 1120. The molecule has 32 heavy (non-hydrogen) atoms. The molecule has 0 bridgehead atoms. The first-order valence-electron chi connectivity index (χ1n) is 9.10. The minimum absolute atomic E-state index is 0.00807. The van der Waals surface area contributed by atoms with E-state index in [9.17, 15) is 28.9 Å². The smallest absolute Gasteiger partial charge is 0.326 e. The van der Waals surface area contributed by atoms with Crippen molar-refractivity contribution in [3.8, 4) is 0 Å². The number of urea groups is 1. The Kier molecular flexibility index (Phi) is 7.05. The lowest BCUT2D eigenvalue weighted by atomic mass is 10.0. The molecule has 0 saturated heterocycles. The first-order valence-corrected chi connectivity index (χ1v) is 10.4. The first kappa shape index (κ1) is 23.2. The number of nitrogens with zero attached hydrogens (tertiary/aromatic N) is 2. The Balaban J connectivity index is 1.97. The molecule has 3 amide bonds. The van der Waals surface area contributed by atoms with Gasteiger partial charge in [-0.25, -0.2) is 14.1 Å². The van der Waals surface area contributed by atoms with Crippen LogP contribution in [-0.2, 0) is 19.2 Å². The standard InChI is InChI=1S/C19H15ClFN3O7S/c20-11-9-13-10(8-12(11)21)16(18(26)23(13)19(22)27)17(14-4-3-7-32-14)31-15(25)5-1-2-6-30-24(28)29/h3-4,7-9H,1-2,5-6H2,(H2,22,27)/b17-16-. The predicted octanol–water partition coefficient (Wildman–Crippen LogP) is 3.76. The van der Waals surface area contributed by atoms with E-state index in [0.29, 0.717) is 9.78 Å². The van der Waals surface area contributed by atoms with Crippen molar-refractivity contribution in [3.05, 3.63) is 61.0 Å². The molecule has 168 valence electrons. The highest BCUT2D eigenvalue weighted by molar-refractivity contribution is 7.11. The molecule has 1 aromatic carbocycles. The van der Waals surface area contributed by atoms with Gasteiger partial charge in [0.25, 0.3) is 11.0 Å². The van der Waals surface area contributed by atoms with Crippen molar-refractivity contribution in [2.75, 3.05) is 11.5 Å². The average Bonchev–Trinajstić information content (AvgIpc) is 3.33. The molecule has 0 unspecified atom stereocenters. The number of anilines is 1. The van der Waals surface area contributed by atoms with E-state index in [4.69, 9.17) is 22.1 Å². The second-order valence-electron chi connectivity index (χ2n) is 6.43. The fourth-order valence-corrected chi connectivity index (χ4v) is 3.87. The Labute approximate surface area is 189 Å². The van der Waals surface area contributed by atoms with Gasteiger partial charge in [-0.15, -0.1) is 21.5 Å². The van der Waals surface area contributed by atoms with E-state index in [-0.39, 0.29) is 53.5 Å². The maximum Gasteiger partial charge on any atom is 0.326 e. The molecule has 0 aliphatic carbocycles.